The summed E-state index contributed by atoms with van der Waals surface area (Å²) in [4.78, 5) is 15.0. The fourth-order valence-corrected chi connectivity index (χ4v) is 4.32. The molecule has 166 valence electrons. The summed E-state index contributed by atoms with van der Waals surface area (Å²) in [6.45, 7) is 12.6. The molecule has 5 heteroatoms. The van der Waals surface area contributed by atoms with Gasteiger partial charge >= 0.3 is 0 Å². The Labute approximate surface area is 181 Å². The van der Waals surface area contributed by atoms with E-state index in [4.69, 9.17) is 9.47 Å². The van der Waals surface area contributed by atoms with Crippen LogP contribution in [0.5, 0.6) is 11.5 Å². The van der Waals surface area contributed by atoms with Crippen LogP contribution in [0.3, 0.4) is 0 Å². The second-order valence-corrected chi connectivity index (χ2v) is 8.86. The summed E-state index contributed by atoms with van der Waals surface area (Å²) in [5.41, 5.74) is 2.45. The lowest BCUT2D eigenvalue weighted by atomic mass is 10.0. The molecule has 2 atom stereocenters. The molecule has 1 amide bonds. The highest BCUT2D eigenvalue weighted by molar-refractivity contribution is 5.76. The molecule has 1 unspecified atom stereocenters. The highest BCUT2D eigenvalue weighted by Gasteiger charge is 2.26. The lowest BCUT2D eigenvalue weighted by Crippen LogP contribution is -2.44. The normalized spacial score (nSPS) is 19.7. The second-order valence-electron chi connectivity index (χ2n) is 8.86. The zero-order valence-corrected chi connectivity index (χ0v) is 18.8. The number of hydrogen-bond acceptors (Lipinski definition) is 4. The van der Waals surface area contributed by atoms with Gasteiger partial charge in [-0.3, -0.25) is 9.69 Å². The van der Waals surface area contributed by atoms with Gasteiger partial charge in [-0.05, 0) is 36.5 Å². The number of unbranched alkanes of at least 4 members (excludes halogenated alkanes) is 4. The molecular weight excluding hydrogens is 376 g/mol. The molecule has 1 N–H and O–H groups in total. The molecule has 1 fully saturated rings. The van der Waals surface area contributed by atoms with Crippen LogP contribution in [-0.4, -0.2) is 49.7 Å². The molecular formula is C25H38N2O3. The summed E-state index contributed by atoms with van der Waals surface area (Å²) < 4.78 is 11.4. The topological polar surface area (TPSA) is 50.8 Å². The van der Waals surface area contributed by atoms with E-state index in [0.29, 0.717) is 25.6 Å². The van der Waals surface area contributed by atoms with Gasteiger partial charge in [-0.2, -0.15) is 0 Å². The Bertz CT molecular complexity index is 718. The molecule has 30 heavy (non-hydrogen) atoms. The van der Waals surface area contributed by atoms with Crippen LogP contribution in [0.2, 0.25) is 0 Å². The van der Waals surface area contributed by atoms with Gasteiger partial charge in [0.1, 0.15) is 13.2 Å². The van der Waals surface area contributed by atoms with Gasteiger partial charge in [-0.15, -0.1) is 0 Å². The fourth-order valence-electron chi connectivity index (χ4n) is 4.32. The first-order valence-electron chi connectivity index (χ1n) is 11.6. The molecule has 3 rings (SSSR count). The number of hydrogen-bond donors (Lipinski definition) is 1. The Balaban J connectivity index is 1.59. The number of fused-ring (bicyclic) bond motifs is 1. The van der Waals surface area contributed by atoms with Crippen LogP contribution in [0.15, 0.2) is 30.4 Å². The number of likely N-dealkylation sites (tertiary alicyclic amines) is 1. The van der Waals surface area contributed by atoms with Crippen molar-refractivity contribution in [3.05, 3.63) is 35.9 Å². The Morgan fingerprint density at radius 3 is 2.70 bits per heavy atom. The number of carbonyl (C=O) groups excluding carboxylic acids is 1. The summed E-state index contributed by atoms with van der Waals surface area (Å²) in [5, 5.41) is 3.31. The van der Waals surface area contributed by atoms with Gasteiger partial charge in [-0.1, -0.05) is 57.7 Å². The molecule has 1 aromatic carbocycles. The van der Waals surface area contributed by atoms with E-state index in [9.17, 15) is 4.79 Å². The molecule has 1 saturated heterocycles. The van der Waals surface area contributed by atoms with Gasteiger partial charge in [0.05, 0.1) is 0 Å². The van der Waals surface area contributed by atoms with E-state index in [1.807, 2.05) is 6.07 Å². The Hall–Kier alpha value is -2.01. The first-order valence-corrected chi connectivity index (χ1v) is 11.6. The Morgan fingerprint density at radius 1 is 1.20 bits per heavy atom. The highest BCUT2D eigenvalue weighted by Crippen LogP contribution is 2.31. The number of benzene rings is 1. The SMILES string of the molecule is C=C1CN(C[C@H](Cc2ccc3c(c2)OCCO3)NC(=O)CCCCCCC)CC1C. The van der Waals surface area contributed by atoms with Crippen LogP contribution in [-0.2, 0) is 11.2 Å². The number of nitrogens with one attached hydrogen (secondary N) is 1. The van der Waals surface area contributed by atoms with Crippen LogP contribution in [0.25, 0.3) is 0 Å². The van der Waals surface area contributed by atoms with E-state index in [1.54, 1.807) is 0 Å². The van der Waals surface area contributed by atoms with Crippen LogP contribution < -0.4 is 14.8 Å². The van der Waals surface area contributed by atoms with Gasteiger partial charge in [0, 0.05) is 32.1 Å². The third-order valence-corrected chi connectivity index (χ3v) is 6.10. The Morgan fingerprint density at radius 2 is 1.97 bits per heavy atom. The van der Waals surface area contributed by atoms with Crippen molar-refractivity contribution in [3.8, 4) is 11.5 Å². The van der Waals surface area contributed by atoms with Gasteiger partial charge in [-0.25, -0.2) is 0 Å². The highest BCUT2D eigenvalue weighted by atomic mass is 16.6. The number of rotatable bonds is 11. The molecule has 0 aromatic heterocycles. The summed E-state index contributed by atoms with van der Waals surface area (Å²) in [5.74, 6) is 2.31. The maximum Gasteiger partial charge on any atom is 0.220 e. The van der Waals surface area contributed by atoms with Crippen molar-refractivity contribution in [2.75, 3.05) is 32.8 Å². The van der Waals surface area contributed by atoms with Crippen molar-refractivity contribution in [1.29, 1.82) is 0 Å². The molecule has 0 bridgehead atoms. The number of carbonyl (C=O) groups is 1. The van der Waals surface area contributed by atoms with Crippen LogP contribution in [0.1, 0.15) is 57.9 Å². The molecule has 0 radical (unpaired) electrons. The quantitative estimate of drug-likeness (QED) is 0.432. The molecule has 0 aliphatic carbocycles. The number of amides is 1. The first kappa shape index (κ1) is 22.7. The van der Waals surface area contributed by atoms with Crippen molar-refractivity contribution in [3.63, 3.8) is 0 Å². The fraction of sp³-hybridized carbons (Fsp3) is 0.640. The molecule has 2 aliphatic heterocycles. The van der Waals surface area contributed by atoms with E-state index >= 15 is 0 Å². The zero-order valence-electron chi connectivity index (χ0n) is 18.8. The average Bonchev–Trinajstić information content (AvgIpc) is 3.04. The minimum absolute atomic E-state index is 0.0776. The molecule has 2 aliphatic rings. The summed E-state index contributed by atoms with van der Waals surface area (Å²) in [6, 6.07) is 6.21. The van der Waals surface area contributed by atoms with E-state index < -0.39 is 0 Å². The smallest absolute Gasteiger partial charge is 0.220 e. The number of ether oxygens (including phenoxy) is 2. The van der Waals surface area contributed by atoms with Crippen LogP contribution in [0, 0.1) is 5.92 Å². The van der Waals surface area contributed by atoms with Crippen molar-refractivity contribution in [2.45, 2.75) is 64.8 Å². The van der Waals surface area contributed by atoms with E-state index in [0.717, 1.165) is 50.4 Å². The summed E-state index contributed by atoms with van der Waals surface area (Å²) in [7, 11) is 0. The predicted octanol–water partition coefficient (Wildman–Crippen LogP) is 4.35. The summed E-state index contributed by atoms with van der Waals surface area (Å²) in [6.07, 6.45) is 7.21. The standard InChI is InChI=1S/C25H38N2O3/c1-4-5-6-7-8-9-25(28)26-22(18-27-16-19(2)20(3)17-27)14-21-10-11-23-24(15-21)30-13-12-29-23/h10-11,15,20,22H,2,4-9,12-14,16-18H2,1,3H3,(H,26,28)/t20?,22-/m0/s1. The maximum absolute atomic E-state index is 12.6. The predicted molar refractivity (Wildman–Crippen MR) is 121 cm³/mol. The van der Waals surface area contributed by atoms with Gasteiger partial charge in [0.2, 0.25) is 5.91 Å². The van der Waals surface area contributed by atoms with Crippen molar-refractivity contribution in [2.24, 2.45) is 5.92 Å². The van der Waals surface area contributed by atoms with E-state index in [-0.39, 0.29) is 11.9 Å². The van der Waals surface area contributed by atoms with Crippen molar-refractivity contribution >= 4 is 5.91 Å². The van der Waals surface area contributed by atoms with Gasteiger partial charge in [0.15, 0.2) is 11.5 Å². The minimum atomic E-state index is 0.0776. The second kappa shape index (κ2) is 11.4. The van der Waals surface area contributed by atoms with Gasteiger partial charge < -0.3 is 14.8 Å². The molecule has 0 spiro atoms. The average molecular weight is 415 g/mol. The lowest BCUT2D eigenvalue weighted by molar-refractivity contribution is -0.122. The molecule has 2 heterocycles. The minimum Gasteiger partial charge on any atom is -0.486 e. The van der Waals surface area contributed by atoms with E-state index in [1.165, 1.54) is 30.4 Å². The van der Waals surface area contributed by atoms with Crippen LogP contribution >= 0.6 is 0 Å². The maximum atomic E-state index is 12.6. The van der Waals surface area contributed by atoms with Gasteiger partial charge in [0.25, 0.3) is 0 Å². The third kappa shape index (κ3) is 6.76. The largest absolute Gasteiger partial charge is 0.486 e. The number of nitrogens with zero attached hydrogens (tertiary/aromatic N) is 1. The van der Waals surface area contributed by atoms with Crippen molar-refractivity contribution in [1.82, 2.24) is 10.2 Å². The first-order chi connectivity index (χ1) is 14.5. The third-order valence-electron chi connectivity index (χ3n) is 6.10. The zero-order chi connectivity index (χ0) is 21.3. The van der Waals surface area contributed by atoms with Crippen molar-refractivity contribution < 1.29 is 14.3 Å². The summed E-state index contributed by atoms with van der Waals surface area (Å²) >= 11 is 0. The molecule has 1 aromatic rings. The van der Waals surface area contributed by atoms with E-state index in [2.05, 4.69) is 42.8 Å². The van der Waals surface area contributed by atoms with Crippen LogP contribution in [0.4, 0.5) is 0 Å². The lowest BCUT2D eigenvalue weighted by Gasteiger charge is -2.25. The molecule has 5 nitrogen and oxygen atoms in total. The monoisotopic (exact) mass is 414 g/mol. The molecule has 0 saturated carbocycles. The Kier molecular flexibility index (Phi) is 8.61.